The lowest BCUT2D eigenvalue weighted by atomic mass is 10.1. The number of halogens is 1. The van der Waals surface area contributed by atoms with Crippen molar-refractivity contribution in [3.63, 3.8) is 0 Å². The van der Waals surface area contributed by atoms with Crippen LogP contribution in [0.2, 0.25) is 5.02 Å². The van der Waals surface area contributed by atoms with Gasteiger partial charge in [-0.1, -0.05) is 18.5 Å². The summed E-state index contributed by atoms with van der Waals surface area (Å²) in [5.74, 6) is 0.192. The molecule has 1 atom stereocenters. The third-order valence-corrected chi connectivity index (χ3v) is 2.96. The second-order valence-corrected chi connectivity index (χ2v) is 4.25. The van der Waals surface area contributed by atoms with E-state index in [0.29, 0.717) is 6.54 Å². The summed E-state index contributed by atoms with van der Waals surface area (Å²) in [7, 11) is 0. The van der Waals surface area contributed by atoms with Gasteiger partial charge in [-0.15, -0.1) is 0 Å². The summed E-state index contributed by atoms with van der Waals surface area (Å²) >= 11 is 6.26. The van der Waals surface area contributed by atoms with Gasteiger partial charge >= 0.3 is 0 Å². The smallest absolute Gasteiger partial charge is 0.0899 e. The molecule has 4 heteroatoms. The van der Waals surface area contributed by atoms with Crippen molar-refractivity contribution in [3.05, 3.63) is 34.6 Å². The highest BCUT2D eigenvalue weighted by molar-refractivity contribution is 6.34. The standard InChI is InChI=1S/C11H14ClN3/c1-7-3-4-15-9(5-7)10(12)11(14-15)8(2)6-13/h3-5,8H,6,13H2,1-2H3. The van der Waals surface area contributed by atoms with Crippen LogP contribution < -0.4 is 5.73 Å². The van der Waals surface area contributed by atoms with Crippen LogP contribution in [0, 0.1) is 6.92 Å². The quantitative estimate of drug-likeness (QED) is 0.850. The average Bonchev–Trinajstić information content (AvgIpc) is 2.55. The first-order valence-electron chi connectivity index (χ1n) is 4.98. The Hall–Kier alpha value is -1.06. The Balaban J connectivity index is 2.64. The molecule has 0 saturated carbocycles. The maximum atomic E-state index is 6.26. The summed E-state index contributed by atoms with van der Waals surface area (Å²) in [6, 6.07) is 4.04. The Labute approximate surface area is 93.8 Å². The van der Waals surface area contributed by atoms with Crippen LogP contribution in [-0.2, 0) is 0 Å². The summed E-state index contributed by atoms with van der Waals surface area (Å²) in [6.45, 7) is 4.62. The van der Waals surface area contributed by atoms with Crippen LogP contribution in [0.15, 0.2) is 18.3 Å². The van der Waals surface area contributed by atoms with Gasteiger partial charge in [-0.3, -0.25) is 0 Å². The lowest BCUT2D eigenvalue weighted by molar-refractivity contribution is 0.728. The fourth-order valence-electron chi connectivity index (χ4n) is 1.57. The van der Waals surface area contributed by atoms with Crippen molar-refractivity contribution in [1.29, 1.82) is 0 Å². The van der Waals surface area contributed by atoms with Gasteiger partial charge in [0.1, 0.15) is 0 Å². The molecule has 2 rings (SSSR count). The average molecular weight is 224 g/mol. The molecule has 2 N–H and O–H groups in total. The van der Waals surface area contributed by atoms with Crippen LogP contribution in [0.1, 0.15) is 24.1 Å². The molecule has 0 bridgehead atoms. The molecule has 0 aliphatic heterocycles. The van der Waals surface area contributed by atoms with Gasteiger partial charge in [0.25, 0.3) is 0 Å². The first-order valence-corrected chi connectivity index (χ1v) is 5.35. The van der Waals surface area contributed by atoms with Crippen LogP contribution in [0.4, 0.5) is 0 Å². The van der Waals surface area contributed by atoms with E-state index < -0.39 is 0 Å². The molecule has 3 nitrogen and oxygen atoms in total. The van der Waals surface area contributed by atoms with Gasteiger partial charge in [0.05, 0.1) is 16.2 Å². The highest BCUT2D eigenvalue weighted by atomic mass is 35.5. The molecule has 2 aromatic heterocycles. The normalized spacial score (nSPS) is 13.3. The highest BCUT2D eigenvalue weighted by Gasteiger charge is 2.15. The van der Waals surface area contributed by atoms with E-state index in [2.05, 4.69) is 5.10 Å². The lowest BCUT2D eigenvalue weighted by Crippen LogP contribution is -2.09. The third kappa shape index (κ3) is 1.73. The van der Waals surface area contributed by atoms with E-state index in [1.54, 1.807) is 4.52 Å². The van der Waals surface area contributed by atoms with Gasteiger partial charge < -0.3 is 5.73 Å². The number of fused-ring (bicyclic) bond motifs is 1. The molecule has 2 aromatic rings. The van der Waals surface area contributed by atoms with Crippen molar-refractivity contribution >= 4 is 17.1 Å². The zero-order chi connectivity index (χ0) is 11.0. The number of aryl methyl sites for hydroxylation is 1. The predicted octanol–water partition coefficient (Wildman–Crippen LogP) is 2.36. The van der Waals surface area contributed by atoms with Crippen molar-refractivity contribution in [3.8, 4) is 0 Å². The predicted molar refractivity (Wildman–Crippen MR) is 62.4 cm³/mol. The van der Waals surface area contributed by atoms with Crippen molar-refractivity contribution in [2.45, 2.75) is 19.8 Å². The summed E-state index contributed by atoms with van der Waals surface area (Å²) in [5.41, 5.74) is 8.62. The number of pyridine rings is 1. The van der Waals surface area contributed by atoms with Crippen molar-refractivity contribution in [2.24, 2.45) is 5.73 Å². The first-order chi connectivity index (χ1) is 7.13. The molecule has 15 heavy (non-hydrogen) atoms. The Morgan fingerprint density at radius 1 is 1.60 bits per heavy atom. The second kappa shape index (κ2) is 3.83. The number of aromatic nitrogens is 2. The highest BCUT2D eigenvalue weighted by Crippen LogP contribution is 2.27. The maximum absolute atomic E-state index is 6.26. The number of hydrogen-bond acceptors (Lipinski definition) is 2. The first kappa shape index (κ1) is 10.5. The van der Waals surface area contributed by atoms with Gasteiger partial charge in [0.15, 0.2) is 0 Å². The SMILES string of the molecule is Cc1ccn2nc(C(C)CN)c(Cl)c2c1. The molecule has 0 saturated heterocycles. The molecular weight excluding hydrogens is 210 g/mol. The number of nitrogens with two attached hydrogens (primary N) is 1. The Bertz CT molecular complexity index is 490. The maximum Gasteiger partial charge on any atom is 0.0899 e. The molecule has 0 radical (unpaired) electrons. The van der Waals surface area contributed by atoms with Gasteiger partial charge in [-0.2, -0.15) is 5.10 Å². The van der Waals surface area contributed by atoms with Crippen molar-refractivity contribution < 1.29 is 0 Å². The minimum absolute atomic E-state index is 0.192. The Morgan fingerprint density at radius 2 is 2.33 bits per heavy atom. The van der Waals surface area contributed by atoms with E-state index in [1.165, 1.54) is 5.56 Å². The zero-order valence-electron chi connectivity index (χ0n) is 8.87. The Kier molecular flexibility index (Phi) is 2.67. The largest absolute Gasteiger partial charge is 0.330 e. The number of nitrogens with zero attached hydrogens (tertiary/aromatic N) is 2. The van der Waals surface area contributed by atoms with Gasteiger partial charge in [-0.25, -0.2) is 4.52 Å². The van der Waals surface area contributed by atoms with Crippen LogP contribution in [0.25, 0.3) is 5.52 Å². The van der Waals surface area contributed by atoms with Crippen LogP contribution in [0.5, 0.6) is 0 Å². The molecule has 0 aromatic carbocycles. The lowest BCUT2D eigenvalue weighted by Gasteiger charge is -2.03. The molecule has 0 aliphatic carbocycles. The fraction of sp³-hybridized carbons (Fsp3) is 0.364. The summed E-state index contributed by atoms with van der Waals surface area (Å²) in [6.07, 6.45) is 1.92. The minimum atomic E-state index is 0.192. The summed E-state index contributed by atoms with van der Waals surface area (Å²) in [5, 5.41) is 5.15. The summed E-state index contributed by atoms with van der Waals surface area (Å²) in [4.78, 5) is 0. The zero-order valence-corrected chi connectivity index (χ0v) is 9.62. The van der Waals surface area contributed by atoms with E-state index in [-0.39, 0.29) is 5.92 Å². The van der Waals surface area contributed by atoms with Gasteiger partial charge in [-0.05, 0) is 24.6 Å². The van der Waals surface area contributed by atoms with Gasteiger partial charge in [0.2, 0.25) is 0 Å². The molecule has 0 fully saturated rings. The van der Waals surface area contributed by atoms with E-state index in [9.17, 15) is 0 Å². The topological polar surface area (TPSA) is 43.3 Å². The number of rotatable bonds is 2. The van der Waals surface area contributed by atoms with E-state index >= 15 is 0 Å². The van der Waals surface area contributed by atoms with E-state index in [0.717, 1.165) is 16.2 Å². The van der Waals surface area contributed by atoms with Crippen molar-refractivity contribution in [2.75, 3.05) is 6.54 Å². The van der Waals surface area contributed by atoms with Crippen LogP contribution in [-0.4, -0.2) is 16.2 Å². The molecule has 2 heterocycles. The summed E-state index contributed by atoms with van der Waals surface area (Å²) < 4.78 is 1.80. The second-order valence-electron chi connectivity index (χ2n) is 3.87. The van der Waals surface area contributed by atoms with Crippen LogP contribution in [0.3, 0.4) is 0 Å². The van der Waals surface area contributed by atoms with E-state index in [4.69, 9.17) is 17.3 Å². The molecule has 0 spiro atoms. The molecule has 1 unspecified atom stereocenters. The molecule has 0 amide bonds. The van der Waals surface area contributed by atoms with Gasteiger partial charge in [0, 0.05) is 18.7 Å². The van der Waals surface area contributed by atoms with Crippen LogP contribution >= 0.6 is 11.6 Å². The number of hydrogen-bond donors (Lipinski definition) is 1. The Morgan fingerprint density at radius 3 is 3.00 bits per heavy atom. The fourth-order valence-corrected chi connectivity index (χ4v) is 1.93. The monoisotopic (exact) mass is 223 g/mol. The minimum Gasteiger partial charge on any atom is -0.330 e. The van der Waals surface area contributed by atoms with Crippen molar-refractivity contribution in [1.82, 2.24) is 9.61 Å². The molecular formula is C11H14ClN3. The van der Waals surface area contributed by atoms with E-state index in [1.807, 2.05) is 32.2 Å². The molecule has 0 aliphatic rings. The third-order valence-electron chi connectivity index (χ3n) is 2.58. The molecule has 80 valence electrons.